The van der Waals surface area contributed by atoms with Crippen molar-refractivity contribution in [3.63, 3.8) is 0 Å². The van der Waals surface area contributed by atoms with Gasteiger partial charge in [0.05, 0.1) is 17.5 Å². The van der Waals surface area contributed by atoms with Crippen LogP contribution in [0, 0.1) is 34.5 Å². The van der Waals surface area contributed by atoms with Crippen LogP contribution in [-0.2, 0) is 16.6 Å². The predicted octanol–water partition coefficient (Wildman–Crippen LogP) is 2.57. The number of allylic oxidation sites excluding steroid dienone is 1. The van der Waals surface area contributed by atoms with Crippen LogP contribution in [-0.4, -0.2) is 61.3 Å². The molecule has 1 spiro atoms. The molecule has 8 heteroatoms. The van der Waals surface area contributed by atoms with Gasteiger partial charge >= 0.3 is 5.97 Å². The first-order valence-electron chi connectivity index (χ1n) is 13.0. The molecule has 37 heavy (non-hydrogen) atoms. The van der Waals surface area contributed by atoms with Crippen molar-refractivity contribution in [2.45, 2.75) is 51.9 Å². The minimum absolute atomic E-state index is 0.0511. The number of ether oxygens (including phenoxy) is 1. The highest BCUT2D eigenvalue weighted by atomic mass is 16.6. The fourth-order valence-corrected chi connectivity index (χ4v) is 8.15. The fourth-order valence-electron chi connectivity index (χ4n) is 8.15. The summed E-state index contributed by atoms with van der Waals surface area (Å²) in [5, 5.41) is 39.4. The minimum Gasteiger partial charge on any atom is -0.450 e. The Labute approximate surface area is 215 Å². The fraction of sp³-hybridized carbons (Fsp3) is 0.552. The summed E-state index contributed by atoms with van der Waals surface area (Å²) in [6.45, 7) is 7.45. The van der Waals surface area contributed by atoms with Crippen LogP contribution in [0.4, 0.5) is 0 Å². The molecule has 1 aromatic carbocycles. The first-order valence-corrected chi connectivity index (χ1v) is 13.0. The maximum absolute atomic E-state index is 14.4. The average Bonchev–Trinajstić information content (AvgIpc) is 3.14. The number of benzene rings is 1. The van der Waals surface area contributed by atoms with E-state index in [2.05, 4.69) is 18.9 Å². The molecule has 0 saturated heterocycles. The van der Waals surface area contributed by atoms with Gasteiger partial charge in [0.15, 0.2) is 23.2 Å². The molecule has 6 rings (SSSR count). The summed E-state index contributed by atoms with van der Waals surface area (Å²) in [6.07, 6.45) is 1.23. The zero-order chi connectivity index (χ0) is 26.7. The molecular weight excluding hydrogens is 472 g/mol. The van der Waals surface area contributed by atoms with Crippen molar-refractivity contribution in [3.05, 3.63) is 53.3 Å². The molecule has 4 aliphatic rings. The summed E-state index contributed by atoms with van der Waals surface area (Å²) in [6, 6.07) is 7.19. The van der Waals surface area contributed by atoms with Gasteiger partial charge in [0.2, 0.25) is 0 Å². The lowest BCUT2D eigenvalue weighted by molar-refractivity contribution is -0.190. The summed E-state index contributed by atoms with van der Waals surface area (Å²) >= 11 is 0. The molecule has 2 bridgehead atoms. The van der Waals surface area contributed by atoms with E-state index in [9.17, 15) is 24.9 Å². The highest BCUT2D eigenvalue weighted by molar-refractivity contribution is 6.02. The molecule has 0 aliphatic heterocycles. The largest absolute Gasteiger partial charge is 0.450 e. The normalized spacial score (nSPS) is 39.7. The van der Waals surface area contributed by atoms with Gasteiger partial charge in [-0.1, -0.05) is 51.1 Å². The van der Waals surface area contributed by atoms with E-state index in [0.29, 0.717) is 22.9 Å². The molecule has 4 aliphatic carbocycles. The zero-order valence-corrected chi connectivity index (χ0v) is 21.8. The number of carbonyl (C=O) groups excluding carboxylic acids is 2. The maximum atomic E-state index is 14.4. The van der Waals surface area contributed by atoms with E-state index in [0.717, 1.165) is 0 Å². The molecule has 2 saturated carbocycles. The van der Waals surface area contributed by atoms with Crippen molar-refractivity contribution in [2.24, 2.45) is 41.5 Å². The molecule has 0 unspecified atom stereocenters. The Morgan fingerprint density at radius 1 is 1.27 bits per heavy atom. The number of Topliss-reactive ketones (excluding diaryl/α,β-unsaturated/α-hetero) is 1. The number of esters is 1. The van der Waals surface area contributed by atoms with E-state index in [1.807, 2.05) is 13.0 Å². The Morgan fingerprint density at radius 3 is 2.68 bits per heavy atom. The number of hydrogen-bond donors (Lipinski definition) is 3. The Bertz CT molecular complexity index is 1400. The quantitative estimate of drug-likeness (QED) is 0.432. The number of hydrogen-bond acceptors (Lipinski definition) is 7. The molecule has 3 N–H and O–H groups in total. The first kappa shape index (κ1) is 24.5. The summed E-state index contributed by atoms with van der Waals surface area (Å²) in [7, 11) is 1.65. The number of aliphatic hydroxyl groups excluding tert-OH is 2. The van der Waals surface area contributed by atoms with Crippen molar-refractivity contribution in [1.29, 1.82) is 0 Å². The predicted molar refractivity (Wildman–Crippen MR) is 135 cm³/mol. The molecular formula is C29H34N2O6. The molecule has 1 heterocycles. The van der Waals surface area contributed by atoms with Gasteiger partial charge in [-0.2, -0.15) is 5.10 Å². The molecule has 8 atom stereocenters. The minimum atomic E-state index is -2.16. The molecule has 8 nitrogen and oxygen atoms in total. The van der Waals surface area contributed by atoms with Crippen LogP contribution in [0.15, 0.2) is 47.6 Å². The third-order valence-corrected chi connectivity index (χ3v) is 10.1. The second kappa shape index (κ2) is 7.62. The average molecular weight is 507 g/mol. The van der Waals surface area contributed by atoms with Gasteiger partial charge in [0, 0.05) is 18.4 Å². The third kappa shape index (κ3) is 2.86. The molecule has 2 fully saturated rings. The molecule has 0 amide bonds. The molecule has 0 radical (unpaired) electrons. The summed E-state index contributed by atoms with van der Waals surface area (Å²) in [5.74, 6) is -1.40. The lowest BCUT2D eigenvalue weighted by Gasteiger charge is -2.48. The zero-order valence-electron chi connectivity index (χ0n) is 21.8. The van der Waals surface area contributed by atoms with Crippen LogP contribution < -0.4 is 0 Å². The molecule has 196 valence electrons. The number of nitrogens with zero attached hydrogens (tertiary/aromatic N) is 2. The topological polar surface area (TPSA) is 122 Å². The van der Waals surface area contributed by atoms with Crippen molar-refractivity contribution < 1.29 is 29.6 Å². The number of carbonyl (C=O) groups is 2. The van der Waals surface area contributed by atoms with E-state index in [-0.39, 0.29) is 40.2 Å². The highest BCUT2D eigenvalue weighted by Gasteiger charge is 2.76. The summed E-state index contributed by atoms with van der Waals surface area (Å²) in [4.78, 5) is 28.0. The van der Waals surface area contributed by atoms with Gasteiger partial charge in [-0.3, -0.25) is 9.48 Å². The number of fused-ring (bicyclic) bond motifs is 4. The standard InChI is InChI=1S/C29H34N2O6/c1-14-12-28-15(2)10-19-21(27(19,3)4)18(24(28)34)11-16(13-32)23(33)29(28,36)25(14)37-26(35)22-17-8-6-7-9-20(17)30-31(22)5/h6-9,11-12,15,18-19,21,23,25,32-33,36H,10,13H2,1-5H3/t15-,18+,19-,21+,23-,25+,28+,29+/m1/s1. The SMILES string of the molecule is CC1=C[C@]23C(=O)[C@@H](C=C(CO)[C@@H](O)[C@]2(O)[C@H]1OC(=O)c1c2ccccc2nn1C)[C@H]1[C@@H](C[C@H]3C)C1(C)C. The van der Waals surface area contributed by atoms with Crippen molar-refractivity contribution >= 4 is 22.7 Å². The third-order valence-electron chi connectivity index (χ3n) is 10.1. The number of ketones is 1. The Hall–Kier alpha value is -2.81. The van der Waals surface area contributed by atoms with Crippen LogP contribution >= 0.6 is 0 Å². The van der Waals surface area contributed by atoms with Crippen molar-refractivity contribution in [3.8, 4) is 0 Å². The smallest absolute Gasteiger partial charge is 0.357 e. The van der Waals surface area contributed by atoms with Gasteiger partial charge in [-0.25, -0.2) is 4.79 Å². The van der Waals surface area contributed by atoms with Gasteiger partial charge in [-0.15, -0.1) is 0 Å². The van der Waals surface area contributed by atoms with Crippen molar-refractivity contribution in [2.75, 3.05) is 6.61 Å². The second-order valence-electron chi connectivity index (χ2n) is 12.1. The van der Waals surface area contributed by atoms with Gasteiger partial charge < -0.3 is 20.1 Å². The summed E-state index contributed by atoms with van der Waals surface area (Å²) < 4.78 is 7.45. The molecule has 1 aromatic heterocycles. The van der Waals surface area contributed by atoms with E-state index < -0.39 is 41.7 Å². The van der Waals surface area contributed by atoms with Crippen LogP contribution in [0.25, 0.3) is 10.9 Å². The Balaban J connectivity index is 1.48. The number of aryl methyl sites for hydroxylation is 1. The number of rotatable bonds is 3. The Kier molecular flexibility index (Phi) is 5.05. The first-order chi connectivity index (χ1) is 17.4. The lowest BCUT2D eigenvalue weighted by atomic mass is 9.59. The molecule has 2 aromatic rings. The van der Waals surface area contributed by atoms with Gasteiger partial charge in [0.1, 0.15) is 6.10 Å². The van der Waals surface area contributed by atoms with Gasteiger partial charge in [-0.05, 0) is 53.7 Å². The lowest BCUT2D eigenvalue weighted by Crippen LogP contribution is -2.65. The van der Waals surface area contributed by atoms with E-state index >= 15 is 0 Å². The van der Waals surface area contributed by atoms with E-state index in [1.165, 1.54) is 4.68 Å². The second-order valence-corrected chi connectivity index (χ2v) is 12.1. The number of aliphatic hydroxyl groups is 3. The van der Waals surface area contributed by atoms with E-state index in [1.54, 1.807) is 44.3 Å². The van der Waals surface area contributed by atoms with Crippen molar-refractivity contribution in [1.82, 2.24) is 9.78 Å². The van der Waals surface area contributed by atoms with Crippen LogP contribution in [0.2, 0.25) is 0 Å². The Morgan fingerprint density at radius 2 is 1.97 bits per heavy atom. The van der Waals surface area contributed by atoms with Crippen LogP contribution in [0.5, 0.6) is 0 Å². The van der Waals surface area contributed by atoms with Crippen LogP contribution in [0.1, 0.15) is 44.6 Å². The maximum Gasteiger partial charge on any atom is 0.357 e. The highest BCUT2D eigenvalue weighted by Crippen LogP contribution is 2.71. The van der Waals surface area contributed by atoms with Gasteiger partial charge in [0.25, 0.3) is 0 Å². The van der Waals surface area contributed by atoms with Crippen LogP contribution in [0.3, 0.4) is 0 Å². The number of aromatic nitrogens is 2. The summed E-state index contributed by atoms with van der Waals surface area (Å²) in [5.41, 5.74) is -2.13. The monoisotopic (exact) mass is 506 g/mol. The van der Waals surface area contributed by atoms with E-state index in [4.69, 9.17) is 4.74 Å².